The van der Waals surface area contributed by atoms with Crippen molar-refractivity contribution in [2.24, 2.45) is 0 Å². The summed E-state index contributed by atoms with van der Waals surface area (Å²) in [6, 6.07) is 3.55. The lowest BCUT2D eigenvalue weighted by molar-refractivity contribution is -0.139. The summed E-state index contributed by atoms with van der Waals surface area (Å²) in [5.74, 6) is 0. The number of hydrogen-bond acceptors (Lipinski definition) is 3. The molecule has 1 aromatic rings. The minimum atomic E-state index is -4.72. The predicted octanol–water partition coefficient (Wildman–Crippen LogP) is 2.55. The van der Waals surface area contributed by atoms with Crippen LogP contribution in [-0.2, 0) is 20.9 Å². The molecule has 4 nitrogen and oxygen atoms in total. The summed E-state index contributed by atoms with van der Waals surface area (Å²) in [5.41, 5.74) is -1.17. The monoisotopic (exact) mass is 323 g/mol. The number of halogens is 3. The first-order chi connectivity index (χ1) is 9.72. The molecule has 118 valence electrons. The van der Waals surface area contributed by atoms with Crippen LogP contribution in [0, 0.1) is 0 Å². The Hall–Kier alpha value is -1.12. The van der Waals surface area contributed by atoms with Gasteiger partial charge in [-0.25, -0.2) is 13.1 Å². The average Bonchev–Trinajstić information content (AvgIpc) is 2.91. The highest BCUT2D eigenvalue weighted by Gasteiger charge is 2.37. The van der Waals surface area contributed by atoms with Gasteiger partial charge in [0.2, 0.25) is 10.0 Å². The maximum absolute atomic E-state index is 12.9. The second kappa shape index (κ2) is 5.94. The number of hydrogen-bond donors (Lipinski definition) is 1. The highest BCUT2D eigenvalue weighted by molar-refractivity contribution is 7.89. The number of ether oxygens (including phenoxy) is 1. The molecule has 0 saturated carbocycles. The SMILES string of the molecule is C[C@@H](NS(=O)(=O)c1ccccc1C(F)(F)F)[C@@H]1CCCO1. The minimum absolute atomic E-state index is 0.308. The van der Waals surface area contributed by atoms with Gasteiger partial charge in [0.05, 0.1) is 16.6 Å². The summed E-state index contributed by atoms with van der Waals surface area (Å²) < 4.78 is 70.7. The van der Waals surface area contributed by atoms with Gasteiger partial charge in [0.1, 0.15) is 0 Å². The highest BCUT2D eigenvalue weighted by atomic mass is 32.2. The normalized spacial score (nSPS) is 21.4. The zero-order valence-electron chi connectivity index (χ0n) is 11.4. The molecular formula is C13H16F3NO3S. The zero-order chi connectivity index (χ0) is 15.7. The largest absolute Gasteiger partial charge is 0.417 e. The third-order valence-electron chi connectivity index (χ3n) is 3.35. The van der Waals surface area contributed by atoms with Crippen molar-refractivity contribution in [3.05, 3.63) is 29.8 Å². The smallest absolute Gasteiger partial charge is 0.377 e. The summed E-state index contributed by atoms with van der Waals surface area (Å²) in [4.78, 5) is -0.762. The number of alkyl halides is 3. The van der Waals surface area contributed by atoms with Gasteiger partial charge >= 0.3 is 6.18 Å². The van der Waals surface area contributed by atoms with E-state index in [2.05, 4.69) is 4.72 Å². The molecular weight excluding hydrogens is 307 g/mol. The van der Waals surface area contributed by atoms with Crippen LogP contribution in [0.15, 0.2) is 29.2 Å². The van der Waals surface area contributed by atoms with E-state index in [0.29, 0.717) is 13.0 Å². The van der Waals surface area contributed by atoms with Crippen LogP contribution in [0.1, 0.15) is 25.3 Å². The minimum Gasteiger partial charge on any atom is -0.377 e. The molecule has 1 aliphatic heterocycles. The van der Waals surface area contributed by atoms with Gasteiger partial charge < -0.3 is 4.74 Å². The van der Waals surface area contributed by atoms with Crippen LogP contribution >= 0.6 is 0 Å². The Balaban J connectivity index is 2.27. The van der Waals surface area contributed by atoms with Gasteiger partial charge in [0.15, 0.2) is 0 Å². The summed E-state index contributed by atoms with van der Waals surface area (Å²) in [7, 11) is -4.26. The van der Waals surface area contributed by atoms with Gasteiger partial charge in [0.25, 0.3) is 0 Å². The lowest BCUT2D eigenvalue weighted by atomic mass is 10.1. The molecule has 8 heteroatoms. The van der Waals surface area contributed by atoms with Crippen LogP contribution < -0.4 is 4.72 Å². The van der Waals surface area contributed by atoms with E-state index in [1.165, 1.54) is 6.07 Å². The molecule has 1 aromatic carbocycles. The van der Waals surface area contributed by atoms with Gasteiger partial charge in [-0.15, -0.1) is 0 Å². The molecule has 1 fully saturated rings. The third-order valence-corrected chi connectivity index (χ3v) is 4.96. The maximum Gasteiger partial charge on any atom is 0.417 e. The van der Waals surface area contributed by atoms with Crippen molar-refractivity contribution in [3.8, 4) is 0 Å². The number of nitrogens with one attached hydrogen (secondary N) is 1. The van der Waals surface area contributed by atoms with Crippen molar-refractivity contribution < 1.29 is 26.3 Å². The van der Waals surface area contributed by atoms with Crippen LogP contribution in [0.5, 0.6) is 0 Å². The number of rotatable bonds is 4. The van der Waals surface area contributed by atoms with E-state index in [-0.39, 0.29) is 6.10 Å². The van der Waals surface area contributed by atoms with E-state index in [9.17, 15) is 21.6 Å². The Morgan fingerprint density at radius 3 is 2.57 bits per heavy atom. The molecule has 1 heterocycles. The van der Waals surface area contributed by atoms with E-state index in [1.54, 1.807) is 6.92 Å². The summed E-state index contributed by atoms with van der Waals surface area (Å²) in [6.45, 7) is 2.12. The summed E-state index contributed by atoms with van der Waals surface area (Å²) in [5, 5.41) is 0. The van der Waals surface area contributed by atoms with Crippen LogP contribution in [0.4, 0.5) is 13.2 Å². The molecule has 0 radical (unpaired) electrons. The molecule has 2 rings (SSSR count). The molecule has 0 bridgehead atoms. The van der Waals surface area contributed by atoms with Gasteiger partial charge in [0, 0.05) is 12.6 Å². The van der Waals surface area contributed by atoms with Crippen molar-refractivity contribution in [1.82, 2.24) is 4.72 Å². The van der Waals surface area contributed by atoms with Crippen molar-refractivity contribution in [2.45, 2.75) is 43.0 Å². The maximum atomic E-state index is 12.9. The first-order valence-corrected chi connectivity index (χ1v) is 8.00. The Morgan fingerprint density at radius 2 is 2.00 bits per heavy atom. The molecule has 2 atom stereocenters. The van der Waals surface area contributed by atoms with E-state index < -0.39 is 32.7 Å². The summed E-state index contributed by atoms with van der Waals surface area (Å²) in [6.07, 6.45) is -3.53. The van der Waals surface area contributed by atoms with E-state index in [0.717, 1.165) is 24.6 Å². The van der Waals surface area contributed by atoms with Gasteiger partial charge in [-0.05, 0) is 31.9 Å². The van der Waals surface area contributed by atoms with Crippen molar-refractivity contribution in [3.63, 3.8) is 0 Å². The van der Waals surface area contributed by atoms with Crippen molar-refractivity contribution >= 4 is 10.0 Å². The molecule has 21 heavy (non-hydrogen) atoms. The fourth-order valence-electron chi connectivity index (χ4n) is 2.32. The lowest BCUT2D eigenvalue weighted by Gasteiger charge is -2.21. The van der Waals surface area contributed by atoms with Crippen LogP contribution in [0.25, 0.3) is 0 Å². The number of benzene rings is 1. The van der Waals surface area contributed by atoms with Crippen LogP contribution in [0.3, 0.4) is 0 Å². The molecule has 0 aromatic heterocycles. The molecule has 0 unspecified atom stereocenters. The third kappa shape index (κ3) is 3.75. The molecule has 0 aliphatic carbocycles. The van der Waals surface area contributed by atoms with E-state index in [4.69, 9.17) is 4.74 Å². The quantitative estimate of drug-likeness (QED) is 0.926. The van der Waals surface area contributed by atoms with E-state index >= 15 is 0 Å². The first kappa shape index (κ1) is 16.3. The van der Waals surface area contributed by atoms with E-state index in [1.807, 2.05) is 0 Å². The Bertz CT molecular complexity index is 595. The zero-order valence-corrected chi connectivity index (χ0v) is 12.2. The Kier molecular flexibility index (Phi) is 4.60. The topological polar surface area (TPSA) is 55.4 Å². The molecule has 0 spiro atoms. The van der Waals surface area contributed by atoms with Gasteiger partial charge in [-0.3, -0.25) is 0 Å². The average molecular weight is 323 g/mol. The van der Waals surface area contributed by atoms with Gasteiger partial charge in [-0.2, -0.15) is 13.2 Å². The summed E-state index contributed by atoms with van der Waals surface area (Å²) >= 11 is 0. The second-order valence-corrected chi connectivity index (χ2v) is 6.64. The van der Waals surface area contributed by atoms with Crippen molar-refractivity contribution in [1.29, 1.82) is 0 Å². The lowest BCUT2D eigenvalue weighted by Crippen LogP contribution is -2.41. The predicted molar refractivity (Wildman–Crippen MR) is 70.2 cm³/mol. The Labute approximate surface area is 121 Å². The standard InChI is InChI=1S/C13H16F3NO3S/c1-9(11-6-4-8-20-11)17-21(18,19)12-7-3-2-5-10(12)13(14,15)16/h2-3,5,7,9,11,17H,4,6,8H2,1H3/t9-,11+/m1/s1. The second-order valence-electron chi connectivity index (χ2n) is 4.96. The van der Waals surface area contributed by atoms with Crippen molar-refractivity contribution in [2.75, 3.05) is 6.61 Å². The molecule has 1 N–H and O–H groups in total. The first-order valence-electron chi connectivity index (χ1n) is 6.52. The fourth-order valence-corrected chi connectivity index (χ4v) is 3.82. The number of sulfonamides is 1. The highest BCUT2D eigenvalue weighted by Crippen LogP contribution is 2.34. The van der Waals surface area contributed by atoms with Crippen LogP contribution in [0.2, 0.25) is 0 Å². The van der Waals surface area contributed by atoms with Gasteiger partial charge in [-0.1, -0.05) is 12.1 Å². The molecule has 0 amide bonds. The molecule has 1 saturated heterocycles. The Morgan fingerprint density at radius 1 is 1.33 bits per heavy atom. The molecule has 1 aliphatic rings. The van der Waals surface area contributed by atoms with Crippen LogP contribution in [-0.4, -0.2) is 27.2 Å². The fraction of sp³-hybridized carbons (Fsp3) is 0.538.